The molecule has 0 radical (unpaired) electrons. The van der Waals surface area contributed by atoms with Crippen molar-refractivity contribution in [2.24, 2.45) is 0 Å². The monoisotopic (exact) mass is 515 g/mol. The van der Waals surface area contributed by atoms with Crippen molar-refractivity contribution in [3.8, 4) is 0 Å². The first-order valence-electron chi connectivity index (χ1n) is 11.6. The number of carboxylic acids is 1. The van der Waals surface area contributed by atoms with Gasteiger partial charge >= 0.3 is 18.0 Å². The van der Waals surface area contributed by atoms with E-state index in [0.29, 0.717) is 11.1 Å². The Bertz CT molecular complexity index is 1010. The zero-order valence-corrected chi connectivity index (χ0v) is 21.1. The van der Waals surface area contributed by atoms with E-state index >= 15 is 0 Å². The molecule has 0 aliphatic rings. The smallest absolute Gasteiger partial charge is 0.408 e. The van der Waals surface area contributed by atoms with Crippen molar-refractivity contribution in [1.82, 2.24) is 16.0 Å². The Kier molecular flexibility index (Phi) is 14.1. The number of rotatable bonds is 11. The molecule has 11 nitrogen and oxygen atoms in total. The number of amides is 3. The van der Waals surface area contributed by atoms with E-state index in [1.54, 1.807) is 60.7 Å². The molecule has 2 aromatic carbocycles. The number of hydrogen-bond acceptors (Lipinski definition) is 7. The first-order chi connectivity index (χ1) is 17.7. The maximum atomic E-state index is 12.9. The number of carboxylic acid groups (broad SMARTS) is 1. The summed E-state index contributed by atoms with van der Waals surface area (Å²) in [7, 11) is 1.12. The molecule has 0 fully saturated rings. The Labute approximate surface area is 215 Å². The van der Waals surface area contributed by atoms with Crippen LogP contribution < -0.4 is 16.0 Å². The molecular weight excluding hydrogens is 482 g/mol. The van der Waals surface area contributed by atoms with Crippen LogP contribution in [0.5, 0.6) is 0 Å². The maximum Gasteiger partial charge on any atom is 0.408 e. The number of alkyl carbamates (subject to hydrolysis) is 1. The van der Waals surface area contributed by atoms with E-state index < -0.39 is 54.9 Å². The van der Waals surface area contributed by atoms with Crippen LogP contribution in [0.4, 0.5) is 4.79 Å². The van der Waals surface area contributed by atoms with Gasteiger partial charge in [-0.05, 0) is 11.1 Å². The summed E-state index contributed by atoms with van der Waals surface area (Å²) in [5, 5.41) is 15.8. The number of esters is 1. The first-order valence-corrected chi connectivity index (χ1v) is 11.6. The molecule has 0 heterocycles. The lowest BCUT2D eigenvalue weighted by Gasteiger charge is -2.22. The lowest BCUT2D eigenvalue weighted by atomic mass is 10.0. The molecule has 2 aromatic rings. The summed E-state index contributed by atoms with van der Waals surface area (Å²) in [6, 6.07) is 14.2. The first kappa shape index (κ1) is 30.6. The fourth-order valence-electron chi connectivity index (χ4n) is 2.82. The summed E-state index contributed by atoms with van der Waals surface area (Å²) in [6.45, 7) is 3.52. The van der Waals surface area contributed by atoms with Gasteiger partial charge in [0.05, 0.1) is 13.5 Å². The number of carbonyl (C=O) groups is 5. The van der Waals surface area contributed by atoms with Gasteiger partial charge in [0.2, 0.25) is 11.8 Å². The summed E-state index contributed by atoms with van der Waals surface area (Å²) in [4.78, 5) is 60.4. The molecule has 0 aliphatic carbocycles. The third-order valence-electron chi connectivity index (χ3n) is 4.52. The molecule has 11 heteroatoms. The van der Waals surface area contributed by atoms with Crippen molar-refractivity contribution in [1.29, 1.82) is 0 Å². The van der Waals surface area contributed by atoms with Gasteiger partial charge in [-0.1, -0.05) is 80.9 Å². The van der Waals surface area contributed by atoms with Crippen LogP contribution >= 0.6 is 0 Å². The number of benzene rings is 2. The standard InChI is InChI=1S/C23H25N3O8.C3H8/c1-33-19(29)12-17(25-23(32)34-14-15-8-4-2-5-9-15)21(30)26-20(16-10-6-3-7-11-16)22(31)24-13-18(27)28;1-3-2/h2-11,17,20H,12-14H2,1H3,(H,24,31)(H,25,32)(H,26,30)(H,27,28);3H2,1-2H3/t17-,20-;/m0./s1. The van der Waals surface area contributed by atoms with Crippen molar-refractivity contribution < 1.29 is 38.6 Å². The van der Waals surface area contributed by atoms with E-state index in [1.165, 1.54) is 6.42 Å². The van der Waals surface area contributed by atoms with Crippen molar-refractivity contribution in [2.75, 3.05) is 13.7 Å². The topological polar surface area (TPSA) is 160 Å². The van der Waals surface area contributed by atoms with Gasteiger partial charge in [-0.25, -0.2) is 4.79 Å². The minimum Gasteiger partial charge on any atom is -0.480 e. The zero-order chi connectivity index (χ0) is 27.6. The molecular formula is C26H33N3O8. The number of hydrogen-bond donors (Lipinski definition) is 4. The quantitative estimate of drug-likeness (QED) is 0.332. The maximum absolute atomic E-state index is 12.9. The van der Waals surface area contributed by atoms with Gasteiger partial charge in [-0.3, -0.25) is 19.2 Å². The average molecular weight is 516 g/mol. The zero-order valence-electron chi connectivity index (χ0n) is 21.1. The molecule has 37 heavy (non-hydrogen) atoms. The van der Waals surface area contributed by atoms with Crippen LogP contribution in [-0.4, -0.2) is 54.6 Å². The number of nitrogens with one attached hydrogen (secondary N) is 3. The molecule has 0 aromatic heterocycles. The Morgan fingerprint density at radius 3 is 1.97 bits per heavy atom. The predicted molar refractivity (Wildman–Crippen MR) is 134 cm³/mol. The number of methoxy groups -OCH3 is 1. The summed E-state index contributed by atoms with van der Waals surface area (Å²) in [6.07, 6.45) is -0.236. The number of ether oxygens (including phenoxy) is 2. The lowest BCUT2D eigenvalue weighted by Crippen LogP contribution is -2.51. The third kappa shape index (κ3) is 12.2. The highest BCUT2D eigenvalue weighted by Gasteiger charge is 2.30. The second kappa shape index (κ2) is 17.1. The van der Waals surface area contributed by atoms with Gasteiger partial charge in [0, 0.05) is 0 Å². The van der Waals surface area contributed by atoms with Crippen LogP contribution in [0, 0.1) is 0 Å². The van der Waals surface area contributed by atoms with Crippen molar-refractivity contribution in [3.63, 3.8) is 0 Å². The van der Waals surface area contributed by atoms with Gasteiger partial charge < -0.3 is 30.5 Å². The van der Waals surface area contributed by atoms with Crippen LogP contribution in [-0.2, 0) is 35.3 Å². The van der Waals surface area contributed by atoms with E-state index in [1.807, 2.05) is 0 Å². The largest absolute Gasteiger partial charge is 0.480 e. The van der Waals surface area contributed by atoms with E-state index in [4.69, 9.17) is 9.84 Å². The molecule has 200 valence electrons. The lowest BCUT2D eigenvalue weighted by molar-refractivity contribution is -0.143. The molecule has 0 bridgehead atoms. The highest BCUT2D eigenvalue weighted by Crippen LogP contribution is 2.14. The Morgan fingerprint density at radius 1 is 0.865 bits per heavy atom. The molecule has 3 amide bonds. The van der Waals surface area contributed by atoms with E-state index in [-0.39, 0.29) is 6.61 Å². The van der Waals surface area contributed by atoms with Gasteiger partial charge in [0.25, 0.3) is 0 Å². The third-order valence-corrected chi connectivity index (χ3v) is 4.52. The highest BCUT2D eigenvalue weighted by atomic mass is 16.5. The predicted octanol–water partition coefficient (Wildman–Crippen LogP) is 2.32. The summed E-state index contributed by atoms with van der Waals surface area (Å²) in [5.74, 6) is -3.71. The Morgan fingerprint density at radius 2 is 1.43 bits per heavy atom. The minimum atomic E-state index is -1.42. The number of aliphatic carboxylic acids is 1. The number of carbonyl (C=O) groups excluding carboxylic acids is 4. The SMILES string of the molecule is CCC.COC(=O)C[C@H](NC(=O)OCc1ccccc1)C(=O)N[C@H](C(=O)NCC(=O)O)c1ccccc1. The second-order valence-electron chi connectivity index (χ2n) is 7.71. The van der Waals surface area contributed by atoms with Gasteiger partial charge in [0.1, 0.15) is 25.2 Å². The van der Waals surface area contributed by atoms with Crippen LogP contribution in [0.3, 0.4) is 0 Å². The minimum absolute atomic E-state index is 0.0660. The fourth-order valence-corrected chi connectivity index (χ4v) is 2.82. The van der Waals surface area contributed by atoms with Crippen LogP contribution in [0.2, 0.25) is 0 Å². The molecule has 4 N–H and O–H groups in total. The summed E-state index contributed by atoms with van der Waals surface area (Å²) >= 11 is 0. The van der Waals surface area contributed by atoms with Crippen LogP contribution in [0.15, 0.2) is 60.7 Å². The fraction of sp³-hybridized carbons (Fsp3) is 0.346. The Hall–Kier alpha value is -4.41. The molecule has 0 spiro atoms. The van der Waals surface area contributed by atoms with Crippen LogP contribution in [0.25, 0.3) is 0 Å². The van der Waals surface area contributed by atoms with Crippen molar-refractivity contribution in [3.05, 3.63) is 71.8 Å². The molecule has 0 saturated heterocycles. The van der Waals surface area contributed by atoms with Gasteiger partial charge in [-0.15, -0.1) is 0 Å². The van der Waals surface area contributed by atoms with Crippen LogP contribution in [0.1, 0.15) is 43.9 Å². The normalized spacial score (nSPS) is 11.4. The molecule has 2 atom stereocenters. The molecule has 0 aliphatic heterocycles. The molecule has 0 unspecified atom stereocenters. The van der Waals surface area contributed by atoms with Crippen molar-refractivity contribution >= 4 is 29.8 Å². The van der Waals surface area contributed by atoms with Crippen molar-refractivity contribution in [2.45, 2.75) is 45.4 Å². The van der Waals surface area contributed by atoms with Gasteiger partial charge in [-0.2, -0.15) is 0 Å². The van der Waals surface area contributed by atoms with E-state index in [9.17, 15) is 24.0 Å². The molecule has 2 rings (SSSR count). The summed E-state index contributed by atoms with van der Waals surface area (Å²) in [5.41, 5.74) is 1.08. The summed E-state index contributed by atoms with van der Waals surface area (Å²) < 4.78 is 9.69. The van der Waals surface area contributed by atoms with Gasteiger partial charge in [0.15, 0.2) is 0 Å². The highest BCUT2D eigenvalue weighted by molar-refractivity contribution is 5.94. The van der Waals surface area contributed by atoms with E-state index in [2.05, 4.69) is 34.5 Å². The molecule has 0 saturated carbocycles. The second-order valence-corrected chi connectivity index (χ2v) is 7.71. The Balaban J connectivity index is 0.00000217. The average Bonchev–Trinajstić information content (AvgIpc) is 2.90. The van der Waals surface area contributed by atoms with E-state index in [0.717, 1.165) is 7.11 Å².